The van der Waals surface area contributed by atoms with Crippen molar-refractivity contribution in [3.63, 3.8) is 0 Å². The molecule has 0 N–H and O–H groups in total. The predicted octanol–water partition coefficient (Wildman–Crippen LogP) is 6.07. The van der Waals surface area contributed by atoms with E-state index in [0.717, 1.165) is 0 Å². The average Bonchev–Trinajstić information content (AvgIpc) is 2.81. The van der Waals surface area contributed by atoms with Gasteiger partial charge in [-0.2, -0.15) is 0 Å². The van der Waals surface area contributed by atoms with Crippen molar-refractivity contribution in [3.05, 3.63) is 81.9 Å². The van der Waals surface area contributed by atoms with E-state index >= 15 is 17.6 Å². The van der Waals surface area contributed by atoms with Gasteiger partial charge in [-0.1, -0.05) is 47.6 Å². The standard InChI is InChI=1S/C23H16F10P2/c1-23(2,3)8-6-5-7-9(34-4)20(8)35(21-16(30)12(26)10(24)13(27)17(21)31)22-18(32)14(28)11(25)15(29)19(22)33/h5-7,34H,1-4H3. The van der Waals surface area contributed by atoms with Gasteiger partial charge in [0.15, 0.2) is 46.5 Å². The van der Waals surface area contributed by atoms with Crippen LogP contribution in [0, 0.1) is 58.2 Å². The highest BCUT2D eigenvalue weighted by Gasteiger charge is 2.40. The summed E-state index contributed by atoms with van der Waals surface area (Å²) in [4.78, 5) is 0. The topological polar surface area (TPSA) is 0 Å². The fourth-order valence-electron chi connectivity index (χ4n) is 3.51. The highest BCUT2D eigenvalue weighted by atomic mass is 31.1. The highest BCUT2D eigenvalue weighted by molar-refractivity contribution is 7.81. The summed E-state index contributed by atoms with van der Waals surface area (Å²) < 4.78 is 144. The molecule has 1 unspecified atom stereocenters. The number of hydrogen-bond acceptors (Lipinski definition) is 0. The zero-order chi connectivity index (χ0) is 26.6. The molecule has 12 heteroatoms. The van der Waals surface area contributed by atoms with Gasteiger partial charge >= 0.3 is 0 Å². The molecule has 0 saturated heterocycles. The molecule has 0 nitrogen and oxygen atoms in total. The zero-order valence-corrected chi connectivity index (χ0v) is 20.4. The molecule has 3 rings (SSSR count). The van der Waals surface area contributed by atoms with Crippen molar-refractivity contribution >= 4 is 37.7 Å². The molecular formula is C23H16F10P2. The SMILES string of the molecule is CPc1cccc(C(C)(C)C)c1P(c1c(F)c(F)c(F)c(F)c1F)c1c(F)c(F)c(F)c(F)c1F. The van der Waals surface area contributed by atoms with Gasteiger partial charge in [0.05, 0.1) is 10.6 Å². The lowest BCUT2D eigenvalue weighted by Gasteiger charge is -2.31. The van der Waals surface area contributed by atoms with Crippen molar-refractivity contribution in [2.45, 2.75) is 26.2 Å². The van der Waals surface area contributed by atoms with E-state index in [-0.39, 0.29) is 24.8 Å². The van der Waals surface area contributed by atoms with Crippen LogP contribution in [0.15, 0.2) is 18.2 Å². The van der Waals surface area contributed by atoms with Gasteiger partial charge in [0.2, 0.25) is 11.6 Å². The summed E-state index contributed by atoms with van der Waals surface area (Å²) in [5.41, 5.74) is -0.761. The molecule has 0 aromatic heterocycles. The quantitative estimate of drug-likeness (QED) is 0.162. The Morgan fingerprint density at radius 1 is 0.543 bits per heavy atom. The van der Waals surface area contributed by atoms with E-state index in [4.69, 9.17) is 0 Å². The van der Waals surface area contributed by atoms with Crippen LogP contribution in [0.4, 0.5) is 43.9 Å². The molecule has 188 valence electrons. The molecule has 0 aliphatic heterocycles. The summed E-state index contributed by atoms with van der Waals surface area (Å²) in [5, 5.41) is -3.41. The van der Waals surface area contributed by atoms with Gasteiger partial charge in [-0.05, 0) is 28.3 Å². The predicted molar refractivity (Wildman–Crippen MR) is 117 cm³/mol. The van der Waals surface area contributed by atoms with Crippen LogP contribution in [0.25, 0.3) is 0 Å². The Balaban J connectivity index is 2.68. The van der Waals surface area contributed by atoms with Crippen LogP contribution in [-0.2, 0) is 5.41 Å². The Kier molecular flexibility index (Phi) is 7.60. The molecule has 3 aromatic carbocycles. The van der Waals surface area contributed by atoms with Crippen LogP contribution in [0.2, 0.25) is 0 Å². The number of halogens is 10. The fraction of sp³-hybridized carbons (Fsp3) is 0.217. The molecule has 0 spiro atoms. The number of hydrogen-bond donors (Lipinski definition) is 0. The normalized spacial score (nSPS) is 12.4. The van der Waals surface area contributed by atoms with Crippen LogP contribution in [0.3, 0.4) is 0 Å². The Labute approximate surface area is 196 Å². The molecule has 0 amide bonds. The molecule has 0 bridgehead atoms. The largest absolute Gasteiger partial charge is 0.203 e. The first-order valence-corrected chi connectivity index (χ1v) is 12.6. The monoisotopic (exact) mass is 544 g/mol. The second-order valence-electron chi connectivity index (χ2n) is 8.37. The Morgan fingerprint density at radius 2 is 0.886 bits per heavy atom. The maximum Gasteiger partial charge on any atom is 0.200 e. The third-order valence-electron chi connectivity index (χ3n) is 5.16. The minimum Gasteiger partial charge on any atom is -0.203 e. The molecule has 0 aliphatic carbocycles. The zero-order valence-electron chi connectivity index (χ0n) is 18.5. The number of benzene rings is 3. The van der Waals surface area contributed by atoms with Crippen LogP contribution >= 0.6 is 16.5 Å². The van der Waals surface area contributed by atoms with E-state index in [1.807, 2.05) is 0 Å². The fourth-order valence-corrected chi connectivity index (χ4v) is 7.63. The lowest BCUT2D eigenvalue weighted by Crippen LogP contribution is -2.40. The molecule has 35 heavy (non-hydrogen) atoms. The van der Waals surface area contributed by atoms with Crippen molar-refractivity contribution in [3.8, 4) is 0 Å². The minimum absolute atomic E-state index is 0.170. The Hall–Kier alpha value is -2.18. The second-order valence-corrected chi connectivity index (χ2v) is 11.4. The van der Waals surface area contributed by atoms with Crippen molar-refractivity contribution in [1.82, 2.24) is 0 Å². The summed E-state index contributed by atoms with van der Waals surface area (Å²) in [6.07, 6.45) is 0. The third-order valence-corrected chi connectivity index (χ3v) is 8.93. The van der Waals surface area contributed by atoms with E-state index in [9.17, 15) is 26.3 Å². The lowest BCUT2D eigenvalue weighted by molar-refractivity contribution is 0.383. The van der Waals surface area contributed by atoms with E-state index in [0.29, 0.717) is 0 Å². The van der Waals surface area contributed by atoms with Crippen molar-refractivity contribution in [2.24, 2.45) is 0 Å². The van der Waals surface area contributed by atoms with E-state index in [2.05, 4.69) is 0 Å². The summed E-state index contributed by atoms with van der Waals surface area (Å²) in [6, 6.07) is 4.28. The van der Waals surface area contributed by atoms with Gasteiger partial charge in [0, 0.05) is 7.92 Å². The Morgan fingerprint density at radius 3 is 1.20 bits per heavy atom. The maximum atomic E-state index is 15.0. The molecule has 3 aromatic rings. The molecule has 0 aliphatic rings. The molecule has 0 fully saturated rings. The third kappa shape index (κ3) is 4.44. The molecule has 0 heterocycles. The highest BCUT2D eigenvalue weighted by Crippen LogP contribution is 2.43. The molecule has 0 saturated carbocycles. The van der Waals surface area contributed by atoms with Gasteiger partial charge in [-0.3, -0.25) is 0 Å². The van der Waals surface area contributed by atoms with E-state index in [1.54, 1.807) is 27.4 Å². The first-order chi connectivity index (χ1) is 16.2. The van der Waals surface area contributed by atoms with Gasteiger partial charge in [0.1, 0.15) is 0 Å². The van der Waals surface area contributed by atoms with Gasteiger partial charge < -0.3 is 0 Å². The van der Waals surface area contributed by atoms with Gasteiger partial charge in [0.25, 0.3) is 0 Å². The smallest absolute Gasteiger partial charge is 0.200 e. The van der Waals surface area contributed by atoms with Crippen LogP contribution in [-0.4, -0.2) is 6.66 Å². The van der Waals surface area contributed by atoms with Gasteiger partial charge in [-0.25, -0.2) is 43.9 Å². The second kappa shape index (κ2) is 9.70. The molecule has 1 atom stereocenters. The van der Waals surface area contributed by atoms with Crippen LogP contribution in [0.5, 0.6) is 0 Å². The van der Waals surface area contributed by atoms with Crippen LogP contribution in [0.1, 0.15) is 26.3 Å². The first kappa shape index (κ1) is 27.4. The Bertz CT molecular complexity index is 1200. The maximum absolute atomic E-state index is 15.0. The van der Waals surface area contributed by atoms with E-state index in [1.165, 1.54) is 18.2 Å². The van der Waals surface area contributed by atoms with Crippen molar-refractivity contribution < 1.29 is 43.9 Å². The number of rotatable bonds is 4. The summed E-state index contributed by atoms with van der Waals surface area (Å²) in [7, 11) is -3.76. The summed E-state index contributed by atoms with van der Waals surface area (Å²) in [6.45, 7) is 6.35. The minimum atomic E-state index is -3.52. The van der Waals surface area contributed by atoms with E-state index < -0.39 is 82.1 Å². The summed E-state index contributed by atoms with van der Waals surface area (Å²) >= 11 is 0. The molecule has 0 radical (unpaired) electrons. The lowest BCUT2D eigenvalue weighted by atomic mass is 9.87. The average molecular weight is 544 g/mol. The van der Waals surface area contributed by atoms with Crippen molar-refractivity contribution in [1.29, 1.82) is 0 Å². The van der Waals surface area contributed by atoms with Crippen molar-refractivity contribution in [2.75, 3.05) is 6.66 Å². The summed E-state index contributed by atoms with van der Waals surface area (Å²) in [5.74, 6) is -24.4. The first-order valence-electron chi connectivity index (χ1n) is 9.80. The van der Waals surface area contributed by atoms with Gasteiger partial charge in [-0.15, -0.1) is 0 Å². The van der Waals surface area contributed by atoms with Crippen LogP contribution < -0.4 is 21.2 Å². The molecular weight excluding hydrogens is 528 g/mol.